The Hall–Kier alpha value is -6.33. The molecule has 3 aliphatic rings. The minimum Gasteiger partial charge on any atom is -0.347 e. The molecule has 1 unspecified atom stereocenters. The van der Waals surface area contributed by atoms with Crippen molar-refractivity contribution in [3.8, 4) is 0 Å². The third-order valence-electron chi connectivity index (χ3n) is 15.5. The molecule has 0 aromatic heterocycles. The Kier molecular flexibility index (Phi) is 19.2. The molecule has 18 heteroatoms. The Morgan fingerprint density at radius 3 is 1.85 bits per heavy atom. The molecule has 4 aromatic carbocycles. The van der Waals surface area contributed by atoms with Gasteiger partial charge in [0.15, 0.2) is 0 Å². The first kappa shape index (κ1) is 59.3. The second kappa shape index (κ2) is 25.2. The van der Waals surface area contributed by atoms with E-state index in [1.165, 1.54) is 10.5 Å². The Morgan fingerprint density at radius 1 is 0.667 bits per heavy atom. The van der Waals surface area contributed by atoms with Crippen molar-refractivity contribution < 1.29 is 33.6 Å². The number of carbonyl (C=O) groups is 7. The van der Waals surface area contributed by atoms with Crippen LogP contribution in [0.25, 0.3) is 0 Å². The van der Waals surface area contributed by atoms with Gasteiger partial charge in [0.05, 0.1) is 28.2 Å². The van der Waals surface area contributed by atoms with Gasteiger partial charge in [-0.25, -0.2) is 0 Å². The summed E-state index contributed by atoms with van der Waals surface area (Å²) in [5.41, 5.74) is 4.16. The maximum atomic E-state index is 15.4. The number of likely N-dealkylation sites (N-methyl/N-ethyl adjacent to an activating group) is 2. The van der Waals surface area contributed by atoms with E-state index in [-0.39, 0.29) is 79.6 Å². The number of amides is 7. The summed E-state index contributed by atoms with van der Waals surface area (Å²) in [4.78, 5) is 105. The monoisotopic (exact) mass is 1110 g/mol. The lowest BCUT2D eigenvalue weighted by atomic mass is 9.84. The predicted octanol–water partition coefficient (Wildman–Crippen LogP) is 6.65. The molecule has 7 rings (SSSR count). The van der Waals surface area contributed by atoms with E-state index >= 15 is 4.79 Å². The minimum absolute atomic E-state index is 0.0261. The number of halogens is 2. The van der Waals surface area contributed by atoms with E-state index in [1.807, 2.05) is 84.0 Å². The number of hydrogen-bond acceptors (Lipinski definition) is 9. The van der Waals surface area contributed by atoms with Gasteiger partial charge in [0, 0.05) is 44.2 Å². The Balaban J connectivity index is 1.14. The quantitative estimate of drug-likeness (QED) is 0.0670. The van der Waals surface area contributed by atoms with Crippen LogP contribution in [0.1, 0.15) is 124 Å². The van der Waals surface area contributed by atoms with Crippen molar-refractivity contribution >= 4 is 64.6 Å². The first-order chi connectivity index (χ1) is 36.9. The van der Waals surface area contributed by atoms with Crippen molar-refractivity contribution in [2.45, 2.75) is 155 Å². The average Bonchev–Trinajstić information content (AvgIpc) is 3.89. The molecular formula is C60H77Cl2N9O7. The Bertz CT molecular complexity index is 2870. The molecule has 8 atom stereocenters. The molecule has 0 bridgehead atoms. The topological polar surface area (TPSA) is 201 Å². The summed E-state index contributed by atoms with van der Waals surface area (Å²) in [5.74, 6) is -2.63. The lowest BCUT2D eigenvalue weighted by Crippen LogP contribution is -2.62. The summed E-state index contributed by atoms with van der Waals surface area (Å²) in [6.45, 7) is 14.9. The van der Waals surface area contributed by atoms with Crippen LogP contribution in [0.2, 0.25) is 10.0 Å². The van der Waals surface area contributed by atoms with Gasteiger partial charge in [-0.1, -0.05) is 138 Å². The number of benzene rings is 4. The number of hydrogen-bond donors (Lipinski definition) is 6. The van der Waals surface area contributed by atoms with Gasteiger partial charge in [0.1, 0.15) is 24.2 Å². The molecule has 2 heterocycles. The van der Waals surface area contributed by atoms with Gasteiger partial charge in [0.25, 0.3) is 5.91 Å². The van der Waals surface area contributed by atoms with Gasteiger partial charge in [-0.3, -0.25) is 33.6 Å². The maximum Gasteiger partial charge on any atom is 0.251 e. The van der Waals surface area contributed by atoms with E-state index < -0.39 is 64.9 Å². The van der Waals surface area contributed by atoms with Crippen molar-refractivity contribution in [2.24, 2.45) is 10.8 Å². The highest BCUT2D eigenvalue weighted by molar-refractivity contribution is 6.42. The van der Waals surface area contributed by atoms with E-state index in [9.17, 15) is 28.8 Å². The number of rotatable bonds is 17. The highest BCUT2D eigenvalue weighted by Crippen LogP contribution is 2.34. The van der Waals surface area contributed by atoms with E-state index in [0.29, 0.717) is 21.7 Å². The molecule has 4 aromatic rings. The molecule has 78 heavy (non-hydrogen) atoms. The first-order valence-corrected chi connectivity index (χ1v) is 27.8. The van der Waals surface area contributed by atoms with E-state index in [0.717, 1.165) is 36.0 Å². The number of likely N-dealkylation sites (tertiary alicyclic amines) is 1. The van der Waals surface area contributed by atoms with E-state index in [1.54, 1.807) is 80.2 Å². The third-order valence-corrected chi connectivity index (χ3v) is 16.3. The summed E-state index contributed by atoms with van der Waals surface area (Å²) in [6.07, 6.45) is 2.91. The molecule has 0 radical (unpaired) electrons. The zero-order valence-corrected chi connectivity index (χ0v) is 48.1. The molecule has 6 N–H and O–H groups in total. The fourth-order valence-electron chi connectivity index (χ4n) is 10.6. The van der Waals surface area contributed by atoms with Gasteiger partial charge in [-0.15, -0.1) is 0 Å². The van der Waals surface area contributed by atoms with Crippen LogP contribution >= 0.6 is 23.2 Å². The van der Waals surface area contributed by atoms with Crippen LogP contribution in [-0.2, 0) is 61.2 Å². The molecule has 1 aliphatic carbocycles. The maximum absolute atomic E-state index is 15.4. The number of nitrogens with one attached hydrogen (secondary N) is 6. The van der Waals surface area contributed by atoms with E-state index in [2.05, 4.69) is 38.0 Å². The molecule has 1 fully saturated rings. The molecular weight excluding hydrogens is 1030 g/mol. The smallest absolute Gasteiger partial charge is 0.251 e. The van der Waals surface area contributed by atoms with Crippen molar-refractivity contribution in [3.05, 3.63) is 140 Å². The standard InChI is InChI=1S/C60H77Cl2N9O7/c1-35(63-9)52(72)67-50(59(3,4)5)57(77)70-33-41-19-12-11-18-40(41)29-48(70)56(76)69(32-42-21-15-23-45(61)49(42)62)31-37-25-27-39(28-26-37)54(74)65-43-30-47(55(75)66-46-24-16-20-38-17-13-14-22-44(38)46)71(34-43)58(78)51(60(6,7)8)68-53(73)36(2)64-10/h11-15,17-19,21-23,25-28,35-36,43,46-48,50-51,63-64H,16,20,24,29-34H2,1-10H3,(H,65,74)(H,66,75)(H,67,72)(H,68,73)/t35-,36-,43-,46+,47-,48-,50+,51?/m0/s1. The summed E-state index contributed by atoms with van der Waals surface area (Å²) in [5, 5.41) is 18.7. The van der Waals surface area contributed by atoms with Crippen LogP contribution in [0.3, 0.4) is 0 Å². The van der Waals surface area contributed by atoms with Crippen LogP contribution in [0.15, 0.2) is 91.0 Å². The molecule has 418 valence electrons. The van der Waals surface area contributed by atoms with Crippen LogP contribution in [0.4, 0.5) is 0 Å². The predicted molar refractivity (Wildman–Crippen MR) is 303 cm³/mol. The second-order valence-corrected chi connectivity index (χ2v) is 24.0. The summed E-state index contributed by atoms with van der Waals surface area (Å²) >= 11 is 13.3. The third kappa shape index (κ3) is 13.9. The Morgan fingerprint density at radius 2 is 1.24 bits per heavy atom. The van der Waals surface area contributed by atoms with Crippen molar-refractivity contribution in [1.29, 1.82) is 0 Å². The number of nitrogens with zero attached hydrogens (tertiary/aromatic N) is 3. The summed E-state index contributed by atoms with van der Waals surface area (Å²) < 4.78 is 0. The average molecular weight is 1110 g/mol. The zero-order chi connectivity index (χ0) is 56.8. The molecule has 0 saturated carbocycles. The van der Waals surface area contributed by atoms with Crippen LogP contribution < -0.4 is 31.9 Å². The summed E-state index contributed by atoms with van der Waals surface area (Å²) in [6, 6.07) is 21.9. The fourth-order valence-corrected chi connectivity index (χ4v) is 10.9. The van der Waals surface area contributed by atoms with Gasteiger partial charge in [0.2, 0.25) is 35.4 Å². The molecule has 2 aliphatic heterocycles. The van der Waals surface area contributed by atoms with Gasteiger partial charge in [-0.05, 0) is 116 Å². The number of fused-ring (bicyclic) bond motifs is 2. The normalized spacial score (nSPS) is 19.7. The van der Waals surface area contributed by atoms with Gasteiger partial charge in [-0.2, -0.15) is 0 Å². The minimum atomic E-state index is -0.979. The van der Waals surface area contributed by atoms with Crippen LogP contribution in [0, 0.1) is 10.8 Å². The molecule has 0 spiro atoms. The second-order valence-electron chi connectivity index (χ2n) is 23.3. The first-order valence-electron chi connectivity index (χ1n) is 27.0. The highest BCUT2D eigenvalue weighted by Gasteiger charge is 2.47. The van der Waals surface area contributed by atoms with E-state index in [4.69, 9.17) is 23.2 Å². The van der Waals surface area contributed by atoms with Gasteiger partial charge < -0.3 is 46.6 Å². The SMILES string of the molecule is CN[C@@H](C)C(=O)NC(C(=O)N1C[C@@H](NC(=O)c2ccc(CN(Cc3cccc(Cl)c3Cl)C(=O)[C@@H]3Cc4ccccc4CN3C(=O)[C@@H](NC(=O)[C@H](C)NC)C(C)(C)C)cc2)C[C@H]1C(=O)N[C@@H]1CCCc2ccccc21)C(C)(C)C. The van der Waals surface area contributed by atoms with Crippen LogP contribution in [-0.4, -0.2) is 119 Å². The fraction of sp³-hybridized carbons (Fsp3) is 0.483. The largest absolute Gasteiger partial charge is 0.347 e. The molecule has 16 nitrogen and oxygen atoms in total. The van der Waals surface area contributed by atoms with Crippen LogP contribution in [0.5, 0.6) is 0 Å². The highest BCUT2D eigenvalue weighted by atomic mass is 35.5. The lowest BCUT2D eigenvalue weighted by Gasteiger charge is -2.42. The van der Waals surface area contributed by atoms with Crippen molar-refractivity contribution in [2.75, 3.05) is 20.6 Å². The number of carbonyl (C=O) groups excluding carboxylic acids is 7. The zero-order valence-electron chi connectivity index (χ0n) is 46.6. The lowest BCUT2D eigenvalue weighted by molar-refractivity contribution is -0.151. The summed E-state index contributed by atoms with van der Waals surface area (Å²) in [7, 11) is 3.33. The molecule has 7 amide bonds. The van der Waals surface area contributed by atoms with Gasteiger partial charge >= 0.3 is 0 Å². The molecule has 1 saturated heterocycles. The van der Waals surface area contributed by atoms with Crippen molar-refractivity contribution in [3.63, 3.8) is 0 Å². The number of aryl methyl sites for hydroxylation is 1. The Labute approximate surface area is 469 Å². The van der Waals surface area contributed by atoms with Crippen molar-refractivity contribution in [1.82, 2.24) is 46.6 Å².